The third kappa shape index (κ3) is 3.04. The SMILES string of the molecule is NC(=O)c1cnc(NC2CCNC2)n2cc(-c3ccc(Cl)cc3)nc12. The number of rotatable bonds is 4. The molecule has 1 saturated heterocycles. The van der Waals surface area contributed by atoms with E-state index < -0.39 is 5.91 Å². The Hall–Kier alpha value is -2.64. The summed E-state index contributed by atoms with van der Waals surface area (Å²) in [5.41, 5.74) is 7.88. The first-order valence-corrected chi connectivity index (χ1v) is 8.41. The summed E-state index contributed by atoms with van der Waals surface area (Å²) in [7, 11) is 0. The van der Waals surface area contributed by atoms with Crippen LogP contribution in [0.25, 0.3) is 16.9 Å². The molecule has 0 saturated carbocycles. The lowest BCUT2D eigenvalue weighted by Gasteiger charge is -2.13. The van der Waals surface area contributed by atoms with Gasteiger partial charge in [-0.15, -0.1) is 0 Å². The summed E-state index contributed by atoms with van der Waals surface area (Å²) >= 11 is 5.95. The molecule has 7 nitrogen and oxygen atoms in total. The molecule has 3 aromatic rings. The normalized spacial score (nSPS) is 17.1. The molecule has 1 aliphatic heterocycles. The van der Waals surface area contributed by atoms with Crippen molar-refractivity contribution in [2.24, 2.45) is 5.73 Å². The lowest BCUT2D eigenvalue weighted by atomic mass is 10.2. The van der Waals surface area contributed by atoms with Crippen LogP contribution in [0.3, 0.4) is 0 Å². The lowest BCUT2D eigenvalue weighted by molar-refractivity contribution is 0.100. The van der Waals surface area contributed by atoms with Crippen molar-refractivity contribution < 1.29 is 4.79 Å². The van der Waals surface area contributed by atoms with Crippen LogP contribution < -0.4 is 16.4 Å². The second kappa shape index (κ2) is 6.34. The van der Waals surface area contributed by atoms with Gasteiger partial charge in [0.2, 0.25) is 5.95 Å². The van der Waals surface area contributed by atoms with Gasteiger partial charge in [-0.05, 0) is 25.1 Å². The van der Waals surface area contributed by atoms with Crippen molar-refractivity contribution in [3.05, 3.63) is 47.2 Å². The van der Waals surface area contributed by atoms with E-state index in [1.54, 1.807) is 16.5 Å². The molecule has 1 atom stereocenters. The minimum Gasteiger partial charge on any atom is -0.365 e. The van der Waals surface area contributed by atoms with Crippen molar-refractivity contribution in [1.29, 1.82) is 0 Å². The molecule has 25 heavy (non-hydrogen) atoms. The van der Waals surface area contributed by atoms with Gasteiger partial charge in [0.15, 0.2) is 5.65 Å². The Balaban J connectivity index is 1.82. The summed E-state index contributed by atoms with van der Waals surface area (Å²) in [5.74, 6) is 0.0845. The highest BCUT2D eigenvalue weighted by molar-refractivity contribution is 6.30. The van der Waals surface area contributed by atoms with Gasteiger partial charge in [0.05, 0.1) is 5.69 Å². The van der Waals surface area contributed by atoms with E-state index in [4.69, 9.17) is 17.3 Å². The van der Waals surface area contributed by atoms with Crippen molar-refractivity contribution in [3.63, 3.8) is 0 Å². The number of fused-ring (bicyclic) bond motifs is 1. The minimum absolute atomic E-state index is 0.287. The van der Waals surface area contributed by atoms with Gasteiger partial charge in [-0.25, -0.2) is 9.97 Å². The van der Waals surface area contributed by atoms with Crippen molar-refractivity contribution in [3.8, 4) is 11.3 Å². The summed E-state index contributed by atoms with van der Waals surface area (Å²) in [4.78, 5) is 20.7. The summed E-state index contributed by atoms with van der Waals surface area (Å²) in [6.45, 7) is 1.85. The summed E-state index contributed by atoms with van der Waals surface area (Å²) < 4.78 is 1.78. The van der Waals surface area contributed by atoms with Crippen LogP contribution in [0.5, 0.6) is 0 Å². The van der Waals surface area contributed by atoms with Crippen LogP contribution in [-0.4, -0.2) is 39.4 Å². The van der Waals surface area contributed by atoms with E-state index >= 15 is 0 Å². The van der Waals surface area contributed by atoms with Crippen LogP contribution in [0.1, 0.15) is 16.8 Å². The number of halogens is 1. The van der Waals surface area contributed by atoms with Crippen LogP contribution in [0, 0.1) is 0 Å². The highest BCUT2D eigenvalue weighted by atomic mass is 35.5. The van der Waals surface area contributed by atoms with E-state index in [1.165, 1.54) is 6.20 Å². The number of aromatic nitrogens is 3. The monoisotopic (exact) mass is 356 g/mol. The van der Waals surface area contributed by atoms with E-state index in [0.29, 0.717) is 16.6 Å². The van der Waals surface area contributed by atoms with Gasteiger partial charge >= 0.3 is 0 Å². The topological polar surface area (TPSA) is 97.3 Å². The number of imidazole rings is 1. The number of nitrogens with one attached hydrogen (secondary N) is 2. The molecule has 128 valence electrons. The maximum atomic E-state index is 11.7. The molecule has 8 heteroatoms. The molecule has 2 aromatic heterocycles. The molecule has 0 bridgehead atoms. The fraction of sp³-hybridized carbons (Fsp3) is 0.235. The number of hydrogen-bond donors (Lipinski definition) is 3. The third-order valence-corrected chi connectivity index (χ3v) is 4.54. The van der Waals surface area contributed by atoms with Gasteiger partial charge in [-0.3, -0.25) is 9.20 Å². The van der Waals surface area contributed by atoms with Gasteiger partial charge in [-0.1, -0.05) is 23.7 Å². The van der Waals surface area contributed by atoms with Gasteiger partial charge < -0.3 is 16.4 Å². The van der Waals surface area contributed by atoms with Gasteiger partial charge in [0.25, 0.3) is 5.91 Å². The Morgan fingerprint density at radius 3 is 2.84 bits per heavy atom. The van der Waals surface area contributed by atoms with E-state index in [9.17, 15) is 4.79 Å². The first-order chi connectivity index (χ1) is 12.1. The smallest absolute Gasteiger partial charge is 0.254 e. The van der Waals surface area contributed by atoms with Crippen molar-refractivity contribution >= 4 is 29.1 Å². The standard InChI is InChI=1S/C17H17ClN6O/c18-11-3-1-10(2-4-11)14-9-24-16(23-14)13(15(19)25)8-21-17(24)22-12-5-6-20-7-12/h1-4,8-9,12,20H,5-7H2,(H2,19,25)(H,21,22). The van der Waals surface area contributed by atoms with Crippen LogP contribution in [-0.2, 0) is 0 Å². The van der Waals surface area contributed by atoms with E-state index in [1.807, 2.05) is 18.3 Å². The Kier molecular flexibility index (Phi) is 4.03. The molecular weight excluding hydrogens is 340 g/mol. The summed E-state index contributed by atoms with van der Waals surface area (Å²) in [5, 5.41) is 7.36. The number of anilines is 1. The fourth-order valence-electron chi connectivity index (χ4n) is 2.98. The van der Waals surface area contributed by atoms with E-state index in [-0.39, 0.29) is 11.6 Å². The number of hydrogen-bond acceptors (Lipinski definition) is 5. The Labute approximate surface area is 149 Å². The number of amides is 1. The second-order valence-electron chi connectivity index (χ2n) is 6.02. The molecule has 4 rings (SSSR count). The Morgan fingerprint density at radius 1 is 1.36 bits per heavy atom. The molecule has 1 amide bonds. The van der Waals surface area contributed by atoms with E-state index in [2.05, 4.69) is 20.6 Å². The molecule has 0 spiro atoms. The number of carbonyl (C=O) groups is 1. The average molecular weight is 357 g/mol. The molecule has 1 unspecified atom stereocenters. The Morgan fingerprint density at radius 2 is 2.16 bits per heavy atom. The largest absolute Gasteiger partial charge is 0.365 e. The minimum atomic E-state index is -0.556. The van der Waals surface area contributed by atoms with Crippen molar-refractivity contribution in [2.75, 3.05) is 18.4 Å². The van der Waals surface area contributed by atoms with E-state index in [0.717, 1.165) is 30.8 Å². The quantitative estimate of drug-likeness (QED) is 0.663. The first kappa shape index (κ1) is 15.9. The molecule has 3 heterocycles. The molecule has 1 aromatic carbocycles. The predicted molar refractivity (Wildman–Crippen MR) is 96.8 cm³/mol. The zero-order valence-corrected chi connectivity index (χ0v) is 14.1. The molecular formula is C17H17ClN6O. The zero-order chi connectivity index (χ0) is 17.4. The highest BCUT2D eigenvalue weighted by Gasteiger charge is 2.19. The third-order valence-electron chi connectivity index (χ3n) is 4.29. The maximum absolute atomic E-state index is 11.7. The molecule has 0 aliphatic carbocycles. The van der Waals surface area contributed by atoms with Crippen LogP contribution >= 0.6 is 11.6 Å². The summed E-state index contributed by atoms with van der Waals surface area (Å²) in [6, 6.07) is 7.66. The fourth-order valence-corrected chi connectivity index (χ4v) is 3.10. The lowest BCUT2D eigenvalue weighted by Crippen LogP contribution is -2.24. The van der Waals surface area contributed by atoms with Gasteiger partial charge in [0, 0.05) is 35.6 Å². The van der Waals surface area contributed by atoms with Gasteiger partial charge in [-0.2, -0.15) is 0 Å². The van der Waals surface area contributed by atoms with Crippen LogP contribution in [0.2, 0.25) is 5.02 Å². The number of nitrogens with zero attached hydrogens (tertiary/aromatic N) is 3. The predicted octanol–water partition coefficient (Wildman–Crippen LogP) is 1.92. The second-order valence-corrected chi connectivity index (χ2v) is 6.46. The number of carbonyl (C=O) groups excluding carboxylic acids is 1. The molecule has 0 radical (unpaired) electrons. The maximum Gasteiger partial charge on any atom is 0.254 e. The van der Waals surface area contributed by atoms with Crippen molar-refractivity contribution in [1.82, 2.24) is 19.7 Å². The average Bonchev–Trinajstić information content (AvgIpc) is 3.25. The summed E-state index contributed by atoms with van der Waals surface area (Å²) in [6.07, 6.45) is 4.34. The number of nitrogens with two attached hydrogens (primary N) is 1. The molecule has 4 N–H and O–H groups in total. The first-order valence-electron chi connectivity index (χ1n) is 8.03. The van der Waals surface area contributed by atoms with Gasteiger partial charge in [0.1, 0.15) is 5.56 Å². The zero-order valence-electron chi connectivity index (χ0n) is 13.4. The Bertz CT molecular complexity index is 930. The number of primary amides is 1. The molecule has 1 fully saturated rings. The highest BCUT2D eigenvalue weighted by Crippen LogP contribution is 2.24. The van der Waals surface area contributed by atoms with Crippen LogP contribution in [0.15, 0.2) is 36.7 Å². The van der Waals surface area contributed by atoms with Crippen molar-refractivity contribution in [2.45, 2.75) is 12.5 Å². The number of benzene rings is 1. The molecule has 1 aliphatic rings. The van der Waals surface area contributed by atoms with Crippen LogP contribution in [0.4, 0.5) is 5.95 Å².